The molecule has 8 heteroatoms. The van der Waals surface area contributed by atoms with Crippen LogP contribution in [0.5, 0.6) is 0 Å². The normalized spacial score (nSPS) is 12.9. The lowest BCUT2D eigenvalue weighted by Crippen LogP contribution is -2.52. The quantitative estimate of drug-likeness (QED) is 0.475. The van der Waals surface area contributed by atoms with E-state index in [0.29, 0.717) is 12.1 Å². The van der Waals surface area contributed by atoms with Crippen LogP contribution in [0.25, 0.3) is 0 Å². The Morgan fingerprint density at radius 2 is 1.64 bits per heavy atom. The fraction of sp³-hybridized carbons (Fsp3) is 0.300. The van der Waals surface area contributed by atoms with Gasteiger partial charge in [-0.05, 0) is 30.0 Å². The first kappa shape index (κ1) is 21.0. The first-order chi connectivity index (χ1) is 13.3. The molecule has 2 amide bonds. The number of amides is 2. The van der Waals surface area contributed by atoms with E-state index in [1.165, 1.54) is 24.3 Å². The summed E-state index contributed by atoms with van der Waals surface area (Å²) in [6.07, 6.45) is 0.363. The van der Waals surface area contributed by atoms with Crippen molar-refractivity contribution in [2.45, 2.75) is 32.4 Å². The maximum atomic E-state index is 12.6. The smallest absolute Gasteiger partial charge is 0.269 e. The number of rotatable bonds is 8. The fourth-order valence-corrected chi connectivity index (χ4v) is 2.64. The molecule has 2 aromatic rings. The van der Waals surface area contributed by atoms with E-state index in [4.69, 9.17) is 5.73 Å². The molecule has 0 saturated carbocycles. The number of nitrogens with zero attached hydrogens (tertiary/aromatic N) is 1. The van der Waals surface area contributed by atoms with Crippen LogP contribution >= 0.6 is 0 Å². The van der Waals surface area contributed by atoms with Crippen LogP contribution in [0.1, 0.15) is 19.4 Å². The molecule has 2 atom stereocenters. The summed E-state index contributed by atoms with van der Waals surface area (Å²) >= 11 is 0. The van der Waals surface area contributed by atoms with E-state index in [0.717, 1.165) is 5.56 Å². The maximum absolute atomic E-state index is 12.6. The van der Waals surface area contributed by atoms with E-state index in [2.05, 4.69) is 10.6 Å². The lowest BCUT2D eigenvalue weighted by molar-refractivity contribution is -0.384. The Hall–Kier alpha value is -3.26. The van der Waals surface area contributed by atoms with Gasteiger partial charge in [0.15, 0.2) is 0 Å². The lowest BCUT2D eigenvalue weighted by Gasteiger charge is -2.23. The third-order valence-corrected chi connectivity index (χ3v) is 4.23. The molecule has 0 aliphatic carbocycles. The SMILES string of the molecule is CC(C)C(NC(=O)C(N)Cc1ccccc1)C(=O)Nc1ccc([N+](=O)[O-])cc1. The summed E-state index contributed by atoms with van der Waals surface area (Å²) < 4.78 is 0. The van der Waals surface area contributed by atoms with Crippen molar-refractivity contribution in [3.8, 4) is 0 Å². The predicted molar refractivity (Wildman–Crippen MR) is 107 cm³/mol. The predicted octanol–water partition coefficient (Wildman–Crippen LogP) is 2.24. The molecule has 8 nitrogen and oxygen atoms in total. The molecule has 0 aliphatic heterocycles. The summed E-state index contributed by atoms with van der Waals surface area (Å²) in [5, 5.41) is 16.1. The number of nitro groups is 1. The Bertz CT molecular complexity index is 822. The number of nitro benzene ring substituents is 1. The molecular formula is C20H24N4O4. The molecule has 0 heterocycles. The van der Waals surface area contributed by atoms with E-state index < -0.39 is 28.8 Å². The van der Waals surface area contributed by atoms with Crippen molar-refractivity contribution in [2.24, 2.45) is 11.7 Å². The van der Waals surface area contributed by atoms with Crippen molar-refractivity contribution in [1.29, 1.82) is 0 Å². The van der Waals surface area contributed by atoms with Crippen LogP contribution in [0, 0.1) is 16.0 Å². The molecule has 0 aliphatic rings. The van der Waals surface area contributed by atoms with Gasteiger partial charge in [0.05, 0.1) is 11.0 Å². The molecule has 2 unspecified atom stereocenters. The van der Waals surface area contributed by atoms with Crippen LogP contribution in [0.2, 0.25) is 0 Å². The third kappa shape index (κ3) is 5.88. The van der Waals surface area contributed by atoms with Crippen LogP contribution in [-0.2, 0) is 16.0 Å². The van der Waals surface area contributed by atoms with E-state index in [1.54, 1.807) is 0 Å². The van der Waals surface area contributed by atoms with Crippen molar-refractivity contribution >= 4 is 23.2 Å². The molecule has 4 N–H and O–H groups in total. The molecular weight excluding hydrogens is 360 g/mol. The van der Waals surface area contributed by atoms with Gasteiger partial charge in [0, 0.05) is 17.8 Å². The van der Waals surface area contributed by atoms with Gasteiger partial charge in [-0.3, -0.25) is 19.7 Å². The zero-order chi connectivity index (χ0) is 20.7. The minimum Gasteiger partial charge on any atom is -0.343 e. The molecule has 0 radical (unpaired) electrons. The summed E-state index contributed by atoms with van der Waals surface area (Å²) in [6, 6.07) is 13.3. The highest BCUT2D eigenvalue weighted by Gasteiger charge is 2.26. The first-order valence-electron chi connectivity index (χ1n) is 8.93. The van der Waals surface area contributed by atoms with Gasteiger partial charge in [-0.15, -0.1) is 0 Å². The standard InChI is InChI=1S/C20H24N4O4/c1-13(2)18(20(26)22-15-8-10-16(11-9-15)24(27)28)23-19(25)17(21)12-14-6-4-3-5-7-14/h3-11,13,17-18H,12,21H2,1-2H3,(H,22,26)(H,23,25). The summed E-state index contributed by atoms with van der Waals surface area (Å²) in [6.45, 7) is 3.62. The Morgan fingerprint density at radius 1 is 1.04 bits per heavy atom. The number of carbonyl (C=O) groups is 2. The average Bonchev–Trinajstić information content (AvgIpc) is 2.66. The highest BCUT2D eigenvalue weighted by atomic mass is 16.6. The molecule has 2 rings (SSSR count). The van der Waals surface area contributed by atoms with Crippen molar-refractivity contribution < 1.29 is 14.5 Å². The van der Waals surface area contributed by atoms with E-state index in [1.807, 2.05) is 44.2 Å². The fourth-order valence-electron chi connectivity index (χ4n) is 2.64. The largest absolute Gasteiger partial charge is 0.343 e. The van der Waals surface area contributed by atoms with Crippen molar-refractivity contribution in [2.75, 3.05) is 5.32 Å². The van der Waals surface area contributed by atoms with Gasteiger partial charge in [-0.1, -0.05) is 44.2 Å². The van der Waals surface area contributed by atoms with Crippen molar-refractivity contribution in [1.82, 2.24) is 5.32 Å². The Labute approximate surface area is 163 Å². The van der Waals surface area contributed by atoms with Gasteiger partial charge in [0.2, 0.25) is 11.8 Å². The number of hydrogen-bond donors (Lipinski definition) is 3. The van der Waals surface area contributed by atoms with Crippen LogP contribution < -0.4 is 16.4 Å². The Morgan fingerprint density at radius 3 is 2.18 bits per heavy atom. The molecule has 2 aromatic carbocycles. The molecule has 28 heavy (non-hydrogen) atoms. The lowest BCUT2D eigenvalue weighted by atomic mass is 10.0. The Balaban J connectivity index is 2.00. The second-order valence-corrected chi connectivity index (χ2v) is 6.82. The number of nitrogens with one attached hydrogen (secondary N) is 2. The Kier molecular flexibility index (Phi) is 7.22. The van der Waals surface area contributed by atoms with Gasteiger partial charge >= 0.3 is 0 Å². The summed E-state index contributed by atoms with van der Waals surface area (Å²) in [4.78, 5) is 35.2. The molecule has 148 valence electrons. The zero-order valence-corrected chi connectivity index (χ0v) is 15.8. The number of non-ortho nitro benzene ring substituents is 1. The number of carbonyl (C=O) groups excluding carboxylic acids is 2. The number of nitrogens with two attached hydrogens (primary N) is 1. The summed E-state index contributed by atoms with van der Waals surface area (Å²) in [5.41, 5.74) is 7.26. The van der Waals surface area contributed by atoms with Crippen LogP contribution in [0.4, 0.5) is 11.4 Å². The molecule has 0 aromatic heterocycles. The minimum atomic E-state index is -0.787. The number of anilines is 1. The highest BCUT2D eigenvalue weighted by Crippen LogP contribution is 2.16. The summed E-state index contributed by atoms with van der Waals surface area (Å²) in [7, 11) is 0. The molecule has 0 fully saturated rings. The van der Waals surface area contributed by atoms with Gasteiger partial charge in [-0.2, -0.15) is 0 Å². The molecule has 0 bridgehead atoms. The monoisotopic (exact) mass is 384 g/mol. The zero-order valence-electron chi connectivity index (χ0n) is 15.8. The second kappa shape index (κ2) is 9.61. The third-order valence-electron chi connectivity index (χ3n) is 4.23. The topological polar surface area (TPSA) is 127 Å². The van der Waals surface area contributed by atoms with Gasteiger partial charge in [0.1, 0.15) is 6.04 Å². The molecule has 0 saturated heterocycles. The second-order valence-electron chi connectivity index (χ2n) is 6.82. The number of benzene rings is 2. The van der Waals surface area contributed by atoms with Crippen LogP contribution in [0.3, 0.4) is 0 Å². The van der Waals surface area contributed by atoms with E-state index in [-0.39, 0.29) is 11.6 Å². The van der Waals surface area contributed by atoms with Crippen molar-refractivity contribution in [3.63, 3.8) is 0 Å². The van der Waals surface area contributed by atoms with Crippen LogP contribution in [-0.4, -0.2) is 28.8 Å². The molecule has 0 spiro atoms. The van der Waals surface area contributed by atoms with Crippen LogP contribution in [0.15, 0.2) is 54.6 Å². The average molecular weight is 384 g/mol. The van der Waals surface area contributed by atoms with Gasteiger partial charge in [-0.25, -0.2) is 0 Å². The maximum Gasteiger partial charge on any atom is 0.269 e. The first-order valence-corrected chi connectivity index (χ1v) is 8.93. The van der Waals surface area contributed by atoms with E-state index in [9.17, 15) is 19.7 Å². The minimum absolute atomic E-state index is 0.0707. The number of hydrogen-bond acceptors (Lipinski definition) is 5. The van der Waals surface area contributed by atoms with Crippen molar-refractivity contribution in [3.05, 3.63) is 70.3 Å². The van der Waals surface area contributed by atoms with Gasteiger partial charge < -0.3 is 16.4 Å². The van der Waals surface area contributed by atoms with E-state index >= 15 is 0 Å². The summed E-state index contributed by atoms with van der Waals surface area (Å²) in [5.74, 6) is -1.00. The highest BCUT2D eigenvalue weighted by molar-refractivity contribution is 5.98. The van der Waals surface area contributed by atoms with Gasteiger partial charge in [0.25, 0.3) is 5.69 Å².